The minimum atomic E-state index is -3.76. The lowest BCUT2D eigenvalue weighted by molar-refractivity contribution is 0.122. The smallest absolute Gasteiger partial charge is 0.243 e. The molecule has 1 aromatic heterocycles. The summed E-state index contributed by atoms with van der Waals surface area (Å²) < 4.78 is 33.7. The zero-order valence-corrected chi connectivity index (χ0v) is 18.8. The number of fused-ring (bicyclic) bond motifs is 1. The van der Waals surface area contributed by atoms with Crippen molar-refractivity contribution >= 4 is 15.8 Å². The first-order chi connectivity index (χ1) is 16.1. The molecule has 2 aromatic carbocycles. The van der Waals surface area contributed by atoms with Crippen LogP contribution in [0.1, 0.15) is 16.8 Å². The van der Waals surface area contributed by atoms with E-state index in [1.807, 2.05) is 36.4 Å². The lowest BCUT2D eigenvalue weighted by Gasteiger charge is -2.34. The van der Waals surface area contributed by atoms with Crippen molar-refractivity contribution < 1.29 is 13.2 Å². The van der Waals surface area contributed by atoms with Gasteiger partial charge in [-0.25, -0.2) is 18.4 Å². The van der Waals surface area contributed by atoms with Crippen molar-refractivity contribution in [1.29, 1.82) is 5.26 Å². The van der Waals surface area contributed by atoms with Crippen LogP contribution in [-0.2, 0) is 27.7 Å². The summed E-state index contributed by atoms with van der Waals surface area (Å²) in [6, 6.07) is 18.0. The normalized spacial score (nSPS) is 16.8. The van der Waals surface area contributed by atoms with Crippen LogP contribution >= 0.6 is 0 Å². The molecule has 8 nitrogen and oxygen atoms in total. The Morgan fingerprint density at radius 1 is 0.970 bits per heavy atom. The van der Waals surface area contributed by atoms with Crippen LogP contribution < -0.4 is 4.90 Å². The Morgan fingerprint density at radius 2 is 1.76 bits per heavy atom. The predicted molar refractivity (Wildman–Crippen MR) is 123 cm³/mol. The monoisotopic (exact) mass is 461 g/mol. The summed E-state index contributed by atoms with van der Waals surface area (Å²) in [7, 11) is -3.76. The molecular weight excluding hydrogens is 438 g/mol. The van der Waals surface area contributed by atoms with Gasteiger partial charge >= 0.3 is 0 Å². The van der Waals surface area contributed by atoms with Gasteiger partial charge in [-0.3, -0.25) is 0 Å². The minimum Gasteiger partial charge on any atom is -0.378 e. The van der Waals surface area contributed by atoms with E-state index in [9.17, 15) is 13.7 Å². The maximum Gasteiger partial charge on any atom is 0.243 e. The fourth-order valence-electron chi connectivity index (χ4n) is 4.21. The van der Waals surface area contributed by atoms with Crippen molar-refractivity contribution in [2.45, 2.75) is 17.9 Å². The van der Waals surface area contributed by atoms with Crippen molar-refractivity contribution in [3.05, 3.63) is 71.4 Å². The number of rotatable bonds is 4. The lowest BCUT2D eigenvalue weighted by Crippen LogP contribution is -2.41. The Morgan fingerprint density at radius 3 is 2.52 bits per heavy atom. The summed E-state index contributed by atoms with van der Waals surface area (Å²) in [6.45, 7) is 3.09. The van der Waals surface area contributed by atoms with Crippen molar-refractivity contribution in [2.24, 2.45) is 0 Å². The molecule has 33 heavy (non-hydrogen) atoms. The van der Waals surface area contributed by atoms with Gasteiger partial charge in [0, 0.05) is 43.7 Å². The molecule has 2 aliphatic heterocycles. The number of anilines is 1. The summed E-state index contributed by atoms with van der Waals surface area (Å²) in [5.41, 5.74) is 2.96. The highest BCUT2D eigenvalue weighted by molar-refractivity contribution is 7.89. The van der Waals surface area contributed by atoms with Crippen LogP contribution in [0.3, 0.4) is 0 Å². The van der Waals surface area contributed by atoms with Gasteiger partial charge in [-0.2, -0.15) is 9.57 Å². The standard InChI is InChI=1S/C24H23N5O3S/c25-16-18-5-4-8-20(15-18)33(30,31)29-10-9-22-21(17-29)24(28-11-13-32-14-12-28)27-23(26-22)19-6-2-1-3-7-19/h1-8,15H,9-14,17H2. The van der Waals surface area contributed by atoms with E-state index < -0.39 is 10.0 Å². The molecular formula is C24H23N5O3S. The second-order valence-electron chi connectivity index (χ2n) is 7.99. The van der Waals surface area contributed by atoms with Crippen LogP contribution in [0.5, 0.6) is 0 Å². The number of morpholine rings is 1. The van der Waals surface area contributed by atoms with E-state index in [4.69, 9.17) is 14.7 Å². The van der Waals surface area contributed by atoms with Crippen LogP contribution in [0.4, 0.5) is 5.82 Å². The zero-order valence-electron chi connectivity index (χ0n) is 18.0. The molecule has 168 valence electrons. The third-order valence-corrected chi connectivity index (χ3v) is 7.79. The summed E-state index contributed by atoms with van der Waals surface area (Å²) in [5.74, 6) is 1.42. The van der Waals surface area contributed by atoms with Gasteiger partial charge in [-0.1, -0.05) is 36.4 Å². The lowest BCUT2D eigenvalue weighted by atomic mass is 10.1. The van der Waals surface area contributed by atoms with E-state index in [1.54, 1.807) is 12.1 Å². The number of sulfonamides is 1. The van der Waals surface area contributed by atoms with E-state index in [1.165, 1.54) is 16.4 Å². The number of hydrogen-bond donors (Lipinski definition) is 0. The van der Waals surface area contributed by atoms with Crippen LogP contribution in [-0.4, -0.2) is 55.5 Å². The molecule has 2 aliphatic rings. The quantitative estimate of drug-likeness (QED) is 0.589. The Labute approximate surface area is 193 Å². The molecule has 1 fully saturated rings. The maximum atomic E-state index is 13.4. The first-order valence-electron chi connectivity index (χ1n) is 10.8. The Balaban J connectivity index is 1.55. The molecule has 0 unspecified atom stereocenters. The topological polar surface area (TPSA) is 99.4 Å². The van der Waals surface area contributed by atoms with Gasteiger partial charge in [0.15, 0.2) is 5.82 Å². The Hall–Kier alpha value is -3.32. The van der Waals surface area contributed by atoms with E-state index in [0.717, 1.165) is 22.6 Å². The zero-order chi connectivity index (χ0) is 22.8. The number of hydrogen-bond acceptors (Lipinski definition) is 7. The van der Waals surface area contributed by atoms with Crippen molar-refractivity contribution in [1.82, 2.24) is 14.3 Å². The molecule has 3 heterocycles. The van der Waals surface area contributed by atoms with Crippen LogP contribution in [0.25, 0.3) is 11.4 Å². The highest BCUT2D eigenvalue weighted by Gasteiger charge is 2.33. The van der Waals surface area contributed by atoms with Crippen LogP contribution in [0, 0.1) is 11.3 Å². The summed E-state index contributed by atoms with van der Waals surface area (Å²) in [4.78, 5) is 12.0. The van der Waals surface area contributed by atoms with Crippen LogP contribution in [0.15, 0.2) is 59.5 Å². The molecule has 0 radical (unpaired) electrons. The van der Waals surface area contributed by atoms with Gasteiger partial charge in [-0.15, -0.1) is 0 Å². The first kappa shape index (κ1) is 21.5. The van der Waals surface area contributed by atoms with E-state index >= 15 is 0 Å². The molecule has 0 saturated carbocycles. The van der Waals surface area contributed by atoms with E-state index in [0.29, 0.717) is 50.7 Å². The van der Waals surface area contributed by atoms with Crippen molar-refractivity contribution in [3.8, 4) is 17.5 Å². The third kappa shape index (κ3) is 4.20. The molecule has 0 spiro atoms. The second-order valence-corrected chi connectivity index (χ2v) is 9.93. The second kappa shape index (κ2) is 8.90. The van der Waals surface area contributed by atoms with Gasteiger partial charge in [0.05, 0.1) is 35.4 Å². The number of benzene rings is 2. The highest BCUT2D eigenvalue weighted by Crippen LogP contribution is 2.32. The first-order valence-corrected chi connectivity index (χ1v) is 12.3. The molecule has 0 amide bonds. The predicted octanol–water partition coefficient (Wildman–Crippen LogP) is 2.60. The summed E-state index contributed by atoms with van der Waals surface area (Å²) >= 11 is 0. The van der Waals surface area contributed by atoms with Gasteiger partial charge in [0.1, 0.15) is 5.82 Å². The van der Waals surface area contributed by atoms with Crippen molar-refractivity contribution in [3.63, 3.8) is 0 Å². The Bertz CT molecular complexity index is 1320. The third-order valence-electron chi connectivity index (χ3n) is 5.95. The summed E-state index contributed by atoms with van der Waals surface area (Å²) in [6.07, 6.45) is 0.492. The molecule has 3 aromatic rings. The average Bonchev–Trinajstić information content (AvgIpc) is 2.88. The molecule has 5 rings (SSSR count). The van der Waals surface area contributed by atoms with Gasteiger partial charge in [-0.05, 0) is 18.2 Å². The fourth-order valence-corrected chi connectivity index (χ4v) is 5.66. The Kier molecular flexibility index (Phi) is 5.81. The molecule has 0 N–H and O–H groups in total. The van der Waals surface area contributed by atoms with Gasteiger partial charge in [0.2, 0.25) is 10.0 Å². The van der Waals surface area contributed by atoms with E-state index in [-0.39, 0.29) is 11.4 Å². The SMILES string of the molecule is N#Cc1cccc(S(=O)(=O)N2CCc3nc(-c4ccccc4)nc(N4CCOCC4)c3C2)c1. The molecule has 9 heteroatoms. The molecule has 0 aliphatic carbocycles. The van der Waals surface area contributed by atoms with Crippen molar-refractivity contribution in [2.75, 3.05) is 37.7 Å². The number of aromatic nitrogens is 2. The fraction of sp³-hybridized carbons (Fsp3) is 0.292. The van der Waals surface area contributed by atoms with Crippen LogP contribution in [0.2, 0.25) is 0 Å². The number of nitriles is 1. The van der Waals surface area contributed by atoms with Gasteiger partial charge < -0.3 is 9.64 Å². The number of nitrogens with zero attached hydrogens (tertiary/aromatic N) is 5. The summed E-state index contributed by atoms with van der Waals surface area (Å²) in [5, 5.41) is 9.18. The minimum absolute atomic E-state index is 0.125. The largest absolute Gasteiger partial charge is 0.378 e. The number of ether oxygens (including phenoxy) is 1. The average molecular weight is 462 g/mol. The van der Waals surface area contributed by atoms with Gasteiger partial charge in [0.25, 0.3) is 0 Å². The maximum absolute atomic E-state index is 13.4. The molecule has 0 atom stereocenters. The molecule has 0 bridgehead atoms. The molecule has 1 saturated heterocycles. The highest BCUT2D eigenvalue weighted by atomic mass is 32.2. The van der Waals surface area contributed by atoms with E-state index in [2.05, 4.69) is 4.90 Å².